The third kappa shape index (κ3) is 3.17. The maximum atomic E-state index is 5.92. The van der Waals surface area contributed by atoms with E-state index >= 15 is 0 Å². The molecule has 0 amide bonds. The van der Waals surface area contributed by atoms with E-state index < -0.39 is 0 Å². The van der Waals surface area contributed by atoms with Crippen molar-refractivity contribution in [1.29, 1.82) is 0 Å². The number of hydrogen-bond donors (Lipinski definition) is 1. The van der Waals surface area contributed by atoms with Crippen LogP contribution in [0.25, 0.3) is 0 Å². The first-order valence-corrected chi connectivity index (χ1v) is 5.81. The van der Waals surface area contributed by atoms with Gasteiger partial charge in [-0.05, 0) is 31.5 Å². The molecule has 1 aromatic carbocycles. The molecule has 0 atom stereocenters. The summed E-state index contributed by atoms with van der Waals surface area (Å²) in [6, 6.07) is 7.75. The normalized spacial score (nSPS) is 10.3. The highest BCUT2D eigenvalue weighted by Crippen LogP contribution is 2.12. The molecule has 0 aliphatic rings. The fraction of sp³-hybridized carbons (Fsp3) is 0.231. The first-order valence-electron chi connectivity index (χ1n) is 5.44. The third-order valence-electron chi connectivity index (χ3n) is 2.55. The molecule has 0 aliphatic heterocycles. The number of aryl methyl sites for hydroxylation is 2. The summed E-state index contributed by atoms with van der Waals surface area (Å²) in [5.41, 5.74) is 3.02. The van der Waals surface area contributed by atoms with Gasteiger partial charge in [-0.3, -0.25) is 4.98 Å². The van der Waals surface area contributed by atoms with E-state index in [9.17, 15) is 0 Å². The Hall–Kier alpha value is -1.61. The van der Waals surface area contributed by atoms with Crippen LogP contribution in [0.4, 0.5) is 5.82 Å². The average molecular weight is 248 g/mol. The van der Waals surface area contributed by atoms with E-state index in [1.165, 1.54) is 0 Å². The Morgan fingerprint density at radius 2 is 2.06 bits per heavy atom. The molecule has 0 spiro atoms. The van der Waals surface area contributed by atoms with Crippen molar-refractivity contribution in [2.45, 2.75) is 20.4 Å². The zero-order valence-electron chi connectivity index (χ0n) is 9.87. The molecule has 0 bridgehead atoms. The van der Waals surface area contributed by atoms with E-state index in [2.05, 4.69) is 15.3 Å². The van der Waals surface area contributed by atoms with Gasteiger partial charge in [0.2, 0.25) is 0 Å². The molecule has 2 rings (SSSR count). The van der Waals surface area contributed by atoms with Gasteiger partial charge in [0.15, 0.2) is 0 Å². The summed E-state index contributed by atoms with van der Waals surface area (Å²) in [4.78, 5) is 8.66. The van der Waals surface area contributed by atoms with Gasteiger partial charge in [0.1, 0.15) is 5.82 Å². The minimum absolute atomic E-state index is 0.692. The molecule has 0 radical (unpaired) electrons. The molecule has 4 heteroatoms. The Balaban J connectivity index is 2.05. The van der Waals surface area contributed by atoms with E-state index in [-0.39, 0.29) is 0 Å². The molecule has 17 heavy (non-hydrogen) atoms. The molecule has 1 aromatic heterocycles. The van der Waals surface area contributed by atoms with Crippen molar-refractivity contribution in [1.82, 2.24) is 9.97 Å². The lowest BCUT2D eigenvalue weighted by Crippen LogP contribution is -2.03. The second kappa shape index (κ2) is 5.15. The fourth-order valence-corrected chi connectivity index (χ4v) is 1.68. The summed E-state index contributed by atoms with van der Waals surface area (Å²) in [7, 11) is 0. The molecule has 3 nitrogen and oxygen atoms in total. The van der Waals surface area contributed by atoms with Crippen LogP contribution < -0.4 is 5.32 Å². The highest BCUT2D eigenvalue weighted by atomic mass is 35.5. The fourth-order valence-electron chi connectivity index (χ4n) is 1.47. The van der Waals surface area contributed by atoms with Crippen LogP contribution in [0.15, 0.2) is 30.5 Å². The van der Waals surface area contributed by atoms with Gasteiger partial charge >= 0.3 is 0 Å². The van der Waals surface area contributed by atoms with Crippen molar-refractivity contribution < 1.29 is 0 Å². The maximum Gasteiger partial charge on any atom is 0.145 e. The summed E-state index contributed by atoms with van der Waals surface area (Å²) in [6.07, 6.45) is 1.74. The van der Waals surface area contributed by atoms with Crippen LogP contribution >= 0.6 is 11.6 Å². The van der Waals surface area contributed by atoms with Crippen molar-refractivity contribution in [3.63, 3.8) is 0 Å². The lowest BCUT2D eigenvalue weighted by atomic mass is 10.2. The van der Waals surface area contributed by atoms with Gasteiger partial charge in [-0.1, -0.05) is 23.7 Å². The Bertz CT molecular complexity index is 526. The molecule has 1 heterocycles. The van der Waals surface area contributed by atoms with Crippen LogP contribution in [-0.4, -0.2) is 9.97 Å². The summed E-state index contributed by atoms with van der Waals surface area (Å²) in [5, 5.41) is 3.97. The van der Waals surface area contributed by atoms with Gasteiger partial charge in [0.05, 0.1) is 17.6 Å². The topological polar surface area (TPSA) is 37.8 Å². The van der Waals surface area contributed by atoms with Gasteiger partial charge in [-0.25, -0.2) is 4.98 Å². The van der Waals surface area contributed by atoms with Crippen molar-refractivity contribution in [2.75, 3.05) is 5.32 Å². The molecular weight excluding hydrogens is 234 g/mol. The first kappa shape index (κ1) is 11.9. The van der Waals surface area contributed by atoms with E-state index in [1.54, 1.807) is 6.20 Å². The van der Waals surface area contributed by atoms with Crippen LogP contribution in [0, 0.1) is 13.8 Å². The van der Waals surface area contributed by atoms with Crippen LogP contribution in [0.3, 0.4) is 0 Å². The minimum Gasteiger partial charge on any atom is -0.365 e. The van der Waals surface area contributed by atoms with E-state index in [0.717, 1.165) is 27.8 Å². The second-order valence-electron chi connectivity index (χ2n) is 3.91. The van der Waals surface area contributed by atoms with Crippen LogP contribution in [0.2, 0.25) is 5.02 Å². The zero-order chi connectivity index (χ0) is 12.3. The number of hydrogen-bond acceptors (Lipinski definition) is 3. The van der Waals surface area contributed by atoms with Crippen molar-refractivity contribution in [2.24, 2.45) is 0 Å². The molecular formula is C13H14ClN3. The van der Waals surface area contributed by atoms with Gasteiger partial charge in [-0.2, -0.15) is 0 Å². The van der Waals surface area contributed by atoms with Gasteiger partial charge in [0.25, 0.3) is 0 Å². The number of rotatable bonds is 3. The Labute approximate surface area is 106 Å². The quantitative estimate of drug-likeness (QED) is 0.904. The van der Waals surface area contributed by atoms with E-state index in [4.69, 9.17) is 11.6 Å². The standard InChI is InChI=1S/C13H14ClN3/c1-9-10(2)17-13(8-15-9)16-7-11-4-3-5-12(14)6-11/h3-6,8H,7H2,1-2H3,(H,16,17). The zero-order valence-corrected chi connectivity index (χ0v) is 10.6. The smallest absolute Gasteiger partial charge is 0.145 e. The molecule has 1 N–H and O–H groups in total. The number of benzene rings is 1. The van der Waals surface area contributed by atoms with Gasteiger partial charge in [0, 0.05) is 11.6 Å². The maximum absolute atomic E-state index is 5.92. The second-order valence-corrected chi connectivity index (χ2v) is 4.35. The largest absolute Gasteiger partial charge is 0.365 e. The number of halogens is 1. The van der Waals surface area contributed by atoms with Gasteiger partial charge < -0.3 is 5.32 Å². The molecule has 88 valence electrons. The minimum atomic E-state index is 0.692. The van der Waals surface area contributed by atoms with Crippen LogP contribution in [0.5, 0.6) is 0 Å². The van der Waals surface area contributed by atoms with Crippen molar-refractivity contribution >= 4 is 17.4 Å². The average Bonchev–Trinajstić information content (AvgIpc) is 2.31. The predicted molar refractivity (Wildman–Crippen MR) is 70.3 cm³/mol. The Kier molecular flexibility index (Phi) is 3.59. The highest BCUT2D eigenvalue weighted by molar-refractivity contribution is 6.30. The summed E-state index contributed by atoms with van der Waals surface area (Å²) < 4.78 is 0. The van der Waals surface area contributed by atoms with Crippen LogP contribution in [-0.2, 0) is 6.54 Å². The van der Waals surface area contributed by atoms with Crippen molar-refractivity contribution in [3.8, 4) is 0 Å². The molecule has 0 fully saturated rings. The number of aromatic nitrogens is 2. The third-order valence-corrected chi connectivity index (χ3v) is 2.79. The molecule has 0 saturated heterocycles. The highest BCUT2D eigenvalue weighted by Gasteiger charge is 1.99. The van der Waals surface area contributed by atoms with Crippen LogP contribution in [0.1, 0.15) is 17.0 Å². The number of anilines is 1. The molecule has 2 aromatic rings. The molecule has 0 unspecified atom stereocenters. The van der Waals surface area contributed by atoms with E-state index in [0.29, 0.717) is 6.54 Å². The van der Waals surface area contributed by atoms with Crippen molar-refractivity contribution in [3.05, 3.63) is 52.4 Å². The summed E-state index contributed by atoms with van der Waals surface area (Å²) >= 11 is 5.92. The SMILES string of the molecule is Cc1ncc(NCc2cccc(Cl)c2)nc1C. The first-order chi connectivity index (χ1) is 8.15. The summed E-state index contributed by atoms with van der Waals surface area (Å²) in [6.45, 7) is 4.59. The Morgan fingerprint density at radius 1 is 1.24 bits per heavy atom. The molecule has 0 saturated carbocycles. The number of nitrogens with one attached hydrogen (secondary N) is 1. The van der Waals surface area contributed by atoms with Gasteiger partial charge in [-0.15, -0.1) is 0 Å². The lowest BCUT2D eigenvalue weighted by molar-refractivity contribution is 1.02. The van der Waals surface area contributed by atoms with E-state index in [1.807, 2.05) is 38.1 Å². The Morgan fingerprint density at radius 3 is 2.76 bits per heavy atom. The molecule has 0 aliphatic carbocycles. The lowest BCUT2D eigenvalue weighted by Gasteiger charge is -2.07. The summed E-state index contributed by atoms with van der Waals surface area (Å²) in [5.74, 6) is 0.785. The monoisotopic (exact) mass is 247 g/mol. The number of nitrogens with zero attached hydrogens (tertiary/aromatic N) is 2. The predicted octanol–water partition coefficient (Wildman–Crippen LogP) is 3.36.